The van der Waals surface area contributed by atoms with Gasteiger partial charge in [-0.05, 0) is 29.3 Å². The number of halogens is 1. The Labute approximate surface area is 93.5 Å². The van der Waals surface area contributed by atoms with Crippen molar-refractivity contribution in [2.24, 2.45) is 0 Å². The summed E-state index contributed by atoms with van der Waals surface area (Å²) in [6, 6.07) is 9.42. The van der Waals surface area contributed by atoms with Gasteiger partial charge < -0.3 is 10.1 Å². The number of benzene rings is 1. The van der Waals surface area contributed by atoms with Crippen LogP contribution in [0.5, 0.6) is 0 Å². The molecule has 78 valence electrons. The number of hydrogen-bond donors (Lipinski definition) is 2. The predicted molar refractivity (Wildman–Crippen MR) is 60.9 cm³/mol. The lowest BCUT2D eigenvalue weighted by molar-refractivity contribution is 0.178. The minimum atomic E-state index is -0.477. The third-order valence-electron chi connectivity index (χ3n) is 2.32. The molecular formula is C12H12ClNO. The van der Waals surface area contributed by atoms with Crippen molar-refractivity contribution in [2.75, 3.05) is 0 Å². The summed E-state index contributed by atoms with van der Waals surface area (Å²) in [6.07, 6.45) is 3.71. The molecule has 1 aromatic heterocycles. The molecule has 15 heavy (non-hydrogen) atoms. The number of H-pyrrole nitrogens is 1. The topological polar surface area (TPSA) is 36.0 Å². The van der Waals surface area contributed by atoms with Crippen LogP contribution in [0.3, 0.4) is 0 Å². The number of rotatable bonds is 3. The van der Waals surface area contributed by atoms with E-state index in [1.54, 1.807) is 12.4 Å². The smallest absolute Gasteiger partial charge is 0.0844 e. The maximum absolute atomic E-state index is 9.89. The highest BCUT2D eigenvalue weighted by Crippen LogP contribution is 2.19. The average molecular weight is 222 g/mol. The van der Waals surface area contributed by atoms with Crippen molar-refractivity contribution in [3.63, 3.8) is 0 Å². The molecule has 0 saturated heterocycles. The number of hydrogen-bond acceptors (Lipinski definition) is 1. The zero-order chi connectivity index (χ0) is 10.7. The Morgan fingerprint density at radius 2 is 2.20 bits per heavy atom. The molecule has 0 radical (unpaired) electrons. The van der Waals surface area contributed by atoms with Crippen LogP contribution >= 0.6 is 11.6 Å². The fourth-order valence-electron chi connectivity index (χ4n) is 1.55. The summed E-state index contributed by atoms with van der Waals surface area (Å²) in [4.78, 5) is 2.92. The van der Waals surface area contributed by atoms with Crippen molar-refractivity contribution in [1.82, 2.24) is 4.98 Å². The van der Waals surface area contributed by atoms with Gasteiger partial charge in [0.2, 0.25) is 0 Å². The Bertz CT molecular complexity index is 425. The summed E-state index contributed by atoms with van der Waals surface area (Å²) < 4.78 is 0. The van der Waals surface area contributed by atoms with Crippen LogP contribution in [0, 0.1) is 0 Å². The molecule has 0 spiro atoms. The van der Waals surface area contributed by atoms with E-state index in [1.165, 1.54) is 0 Å². The zero-order valence-corrected chi connectivity index (χ0v) is 8.91. The maximum atomic E-state index is 9.89. The number of aromatic nitrogens is 1. The first-order valence-corrected chi connectivity index (χ1v) is 5.19. The molecule has 0 bridgehead atoms. The van der Waals surface area contributed by atoms with Crippen LogP contribution in [0.25, 0.3) is 0 Å². The standard InChI is InChI=1S/C12H12ClNO/c13-11-3-1-2-9(6-11)7-12(15)10-4-5-14-8-10/h1-6,8,12,14-15H,7H2. The highest BCUT2D eigenvalue weighted by atomic mass is 35.5. The Morgan fingerprint density at radius 3 is 2.87 bits per heavy atom. The van der Waals surface area contributed by atoms with Crippen LogP contribution in [0.2, 0.25) is 5.02 Å². The van der Waals surface area contributed by atoms with E-state index in [2.05, 4.69) is 4.98 Å². The summed E-state index contributed by atoms with van der Waals surface area (Å²) >= 11 is 5.87. The highest BCUT2D eigenvalue weighted by Gasteiger charge is 2.08. The molecule has 1 aromatic carbocycles. The van der Waals surface area contributed by atoms with Crippen LogP contribution in [-0.4, -0.2) is 10.1 Å². The normalized spacial score (nSPS) is 12.7. The van der Waals surface area contributed by atoms with Crippen molar-refractivity contribution in [3.05, 3.63) is 58.9 Å². The van der Waals surface area contributed by atoms with Gasteiger partial charge in [-0.15, -0.1) is 0 Å². The second-order valence-electron chi connectivity index (χ2n) is 3.49. The predicted octanol–water partition coefficient (Wildman–Crippen LogP) is 2.94. The molecule has 0 saturated carbocycles. The van der Waals surface area contributed by atoms with Gasteiger partial charge in [-0.1, -0.05) is 23.7 Å². The van der Waals surface area contributed by atoms with Crippen LogP contribution in [-0.2, 0) is 6.42 Å². The lowest BCUT2D eigenvalue weighted by atomic mass is 10.0. The van der Waals surface area contributed by atoms with Crippen molar-refractivity contribution >= 4 is 11.6 Å². The van der Waals surface area contributed by atoms with E-state index >= 15 is 0 Å². The minimum absolute atomic E-state index is 0.477. The van der Waals surface area contributed by atoms with E-state index in [0.29, 0.717) is 11.4 Å². The Kier molecular flexibility index (Phi) is 3.09. The molecule has 0 amide bonds. The number of aromatic amines is 1. The molecule has 1 unspecified atom stereocenters. The van der Waals surface area contributed by atoms with Crippen LogP contribution in [0.15, 0.2) is 42.7 Å². The Morgan fingerprint density at radius 1 is 1.33 bits per heavy atom. The van der Waals surface area contributed by atoms with Gasteiger partial charge in [0.25, 0.3) is 0 Å². The van der Waals surface area contributed by atoms with E-state index in [-0.39, 0.29) is 0 Å². The summed E-state index contributed by atoms with van der Waals surface area (Å²) in [7, 11) is 0. The molecule has 0 aliphatic heterocycles. The lowest BCUT2D eigenvalue weighted by Crippen LogP contribution is -2.00. The SMILES string of the molecule is OC(Cc1cccc(Cl)c1)c1cc[nH]c1. The number of aliphatic hydroxyl groups excluding tert-OH is 1. The van der Waals surface area contributed by atoms with Crippen molar-refractivity contribution in [3.8, 4) is 0 Å². The average Bonchev–Trinajstić information content (AvgIpc) is 2.70. The van der Waals surface area contributed by atoms with E-state index in [1.807, 2.05) is 30.3 Å². The first-order valence-electron chi connectivity index (χ1n) is 4.81. The summed E-state index contributed by atoms with van der Waals surface area (Å²) in [6.45, 7) is 0. The molecular weight excluding hydrogens is 210 g/mol. The second-order valence-corrected chi connectivity index (χ2v) is 3.93. The van der Waals surface area contributed by atoms with E-state index in [4.69, 9.17) is 11.6 Å². The monoisotopic (exact) mass is 221 g/mol. The molecule has 2 rings (SSSR count). The van der Waals surface area contributed by atoms with Gasteiger partial charge in [0.15, 0.2) is 0 Å². The van der Waals surface area contributed by atoms with Gasteiger partial charge in [0, 0.05) is 23.8 Å². The van der Waals surface area contributed by atoms with Gasteiger partial charge in [-0.3, -0.25) is 0 Å². The van der Waals surface area contributed by atoms with Crippen LogP contribution < -0.4 is 0 Å². The van der Waals surface area contributed by atoms with Gasteiger partial charge in [-0.2, -0.15) is 0 Å². The summed E-state index contributed by atoms with van der Waals surface area (Å²) in [5, 5.41) is 10.6. The van der Waals surface area contributed by atoms with Crippen molar-refractivity contribution in [1.29, 1.82) is 0 Å². The Hall–Kier alpha value is -1.25. The van der Waals surface area contributed by atoms with E-state index in [0.717, 1.165) is 11.1 Å². The van der Waals surface area contributed by atoms with Crippen LogP contribution in [0.4, 0.5) is 0 Å². The fraction of sp³-hybridized carbons (Fsp3) is 0.167. The first-order chi connectivity index (χ1) is 7.25. The van der Waals surface area contributed by atoms with Crippen molar-refractivity contribution < 1.29 is 5.11 Å². The maximum Gasteiger partial charge on any atom is 0.0844 e. The van der Waals surface area contributed by atoms with Gasteiger partial charge in [0.1, 0.15) is 0 Å². The third-order valence-corrected chi connectivity index (χ3v) is 2.56. The van der Waals surface area contributed by atoms with Gasteiger partial charge >= 0.3 is 0 Å². The second kappa shape index (κ2) is 4.51. The lowest BCUT2D eigenvalue weighted by Gasteiger charge is -2.08. The highest BCUT2D eigenvalue weighted by molar-refractivity contribution is 6.30. The molecule has 2 aromatic rings. The molecule has 2 N–H and O–H groups in total. The summed E-state index contributed by atoms with van der Waals surface area (Å²) in [5.74, 6) is 0. The molecule has 2 nitrogen and oxygen atoms in total. The first kappa shape index (κ1) is 10.3. The molecule has 0 aliphatic carbocycles. The molecule has 0 fully saturated rings. The van der Waals surface area contributed by atoms with E-state index in [9.17, 15) is 5.11 Å². The summed E-state index contributed by atoms with van der Waals surface area (Å²) in [5.41, 5.74) is 1.94. The molecule has 1 atom stereocenters. The van der Waals surface area contributed by atoms with Gasteiger partial charge in [0.05, 0.1) is 6.10 Å². The Balaban J connectivity index is 2.09. The van der Waals surface area contributed by atoms with Crippen molar-refractivity contribution in [2.45, 2.75) is 12.5 Å². The molecule has 3 heteroatoms. The third kappa shape index (κ3) is 2.61. The zero-order valence-electron chi connectivity index (χ0n) is 8.15. The van der Waals surface area contributed by atoms with E-state index < -0.39 is 6.10 Å². The minimum Gasteiger partial charge on any atom is -0.388 e. The quantitative estimate of drug-likeness (QED) is 0.822. The molecule has 1 heterocycles. The molecule has 0 aliphatic rings. The van der Waals surface area contributed by atoms with Crippen LogP contribution in [0.1, 0.15) is 17.2 Å². The fourth-order valence-corrected chi connectivity index (χ4v) is 1.76. The number of nitrogens with one attached hydrogen (secondary N) is 1. The largest absolute Gasteiger partial charge is 0.388 e. The van der Waals surface area contributed by atoms with Gasteiger partial charge in [-0.25, -0.2) is 0 Å². The number of aliphatic hydroxyl groups is 1.